The lowest BCUT2D eigenvalue weighted by Gasteiger charge is -2.39. The van der Waals surface area contributed by atoms with Gasteiger partial charge in [0.2, 0.25) is 0 Å². The lowest BCUT2D eigenvalue weighted by molar-refractivity contribution is 0.0921. The van der Waals surface area contributed by atoms with Crippen molar-refractivity contribution >= 4 is 18.3 Å². The van der Waals surface area contributed by atoms with Crippen molar-refractivity contribution in [2.75, 3.05) is 20.2 Å². The maximum absolute atomic E-state index is 13.8. The van der Waals surface area contributed by atoms with E-state index in [4.69, 9.17) is 4.74 Å². The van der Waals surface area contributed by atoms with Gasteiger partial charge >= 0.3 is 0 Å². The first-order valence-electron chi connectivity index (χ1n) is 7.30. The average molecular weight is 331 g/mol. The zero-order chi connectivity index (χ0) is 15.5. The van der Waals surface area contributed by atoms with E-state index in [0.717, 1.165) is 19.4 Å². The van der Waals surface area contributed by atoms with Gasteiger partial charge in [0.1, 0.15) is 17.1 Å². The Bertz CT molecular complexity index is 523. The van der Waals surface area contributed by atoms with Gasteiger partial charge in [-0.15, -0.1) is 12.4 Å². The lowest BCUT2D eigenvalue weighted by atomic mass is 9.77. The van der Waals surface area contributed by atoms with Crippen molar-refractivity contribution in [1.29, 1.82) is 0 Å². The molecule has 0 saturated carbocycles. The van der Waals surface area contributed by atoms with Crippen LogP contribution in [0, 0.1) is 11.2 Å². The highest BCUT2D eigenvalue weighted by Crippen LogP contribution is 2.29. The van der Waals surface area contributed by atoms with Crippen molar-refractivity contribution in [1.82, 2.24) is 10.6 Å². The maximum Gasteiger partial charge on any atom is 0.258 e. The molecule has 0 bridgehead atoms. The Morgan fingerprint density at radius 1 is 1.50 bits per heavy atom. The summed E-state index contributed by atoms with van der Waals surface area (Å²) in [6, 6.07) is 4.56. The number of methoxy groups -OCH3 is 1. The fraction of sp³-hybridized carbons (Fsp3) is 0.562. The minimum absolute atomic E-state index is 0. The van der Waals surface area contributed by atoms with Crippen LogP contribution in [0.5, 0.6) is 5.75 Å². The number of piperidine rings is 1. The molecular weight excluding hydrogens is 307 g/mol. The van der Waals surface area contributed by atoms with Gasteiger partial charge in [-0.05, 0) is 36.9 Å². The molecule has 6 heteroatoms. The first-order chi connectivity index (χ1) is 9.95. The van der Waals surface area contributed by atoms with Crippen molar-refractivity contribution in [3.63, 3.8) is 0 Å². The summed E-state index contributed by atoms with van der Waals surface area (Å²) in [5, 5.41) is 6.24. The van der Waals surface area contributed by atoms with Crippen LogP contribution in [0.25, 0.3) is 0 Å². The summed E-state index contributed by atoms with van der Waals surface area (Å²) >= 11 is 0. The molecule has 1 atom stereocenters. The van der Waals surface area contributed by atoms with Crippen LogP contribution in [0.15, 0.2) is 18.2 Å². The SMILES string of the molecule is COc1cccc(F)c1C(=O)NCC1NCCCC1(C)C.Cl. The molecule has 4 nitrogen and oxygen atoms in total. The van der Waals surface area contributed by atoms with E-state index >= 15 is 0 Å². The molecule has 1 aromatic carbocycles. The van der Waals surface area contributed by atoms with Crippen molar-refractivity contribution in [3.05, 3.63) is 29.6 Å². The Balaban J connectivity index is 0.00000242. The van der Waals surface area contributed by atoms with Crippen molar-refractivity contribution in [3.8, 4) is 5.75 Å². The number of ether oxygens (including phenoxy) is 1. The molecular formula is C16H24ClFN2O2. The summed E-state index contributed by atoms with van der Waals surface area (Å²) in [6.45, 7) is 5.79. The molecule has 1 unspecified atom stereocenters. The van der Waals surface area contributed by atoms with Gasteiger partial charge in [-0.2, -0.15) is 0 Å². The molecule has 1 aliphatic rings. The number of hydrogen-bond acceptors (Lipinski definition) is 3. The van der Waals surface area contributed by atoms with E-state index in [1.807, 2.05) is 0 Å². The van der Waals surface area contributed by atoms with Crippen LogP contribution in [0.1, 0.15) is 37.0 Å². The molecule has 1 aliphatic heterocycles. The number of carbonyl (C=O) groups is 1. The van der Waals surface area contributed by atoms with E-state index in [-0.39, 0.29) is 35.2 Å². The summed E-state index contributed by atoms with van der Waals surface area (Å²) < 4.78 is 18.9. The Morgan fingerprint density at radius 2 is 2.23 bits per heavy atom. The molecule has 0 spiro atoms. The molecule has 0 aromatic heterocycles. The van der Waals surface area contributed by atoms with Crippen LogP contribution in [0.4, 0.5) is 4.39 Å². The van der Waals surface area contributed by atoms with E-state index in [2.05, 4.69) is 24.5 Å². The van der Waals surface area contributed by atoms with E-state index in [9.17, 15) is 9.18 Å². The number of halogens is 2. The third kappa shape index (κ3) is 4.11. The molecule has 1 saturated heterocycles. The maximum atomic E-state index is 13.8. The Labute approximate surface area is 137 Å². The average Bonchev–Trinajstić information content (AvgIpc) is 2.45. The van der Waals surface area contributed by atoms with E-state index in [0.29, 0.717) is 6.54 Å². The second-order valence-electron chi connectivity index (χ2n) is 6.13. The van der Waals surface area contributed by atoms with E-state index in [1.165, 1.54) is 19.2 Å². The quantitative estimate of drug-likeness (QED) is 0.892. The third-order valence-corrected chi connectivity index (χ3v) is 4.22. The summed E-state index contributed by atoms with van der Waals surface area (Å²) in [5.74, 6) is -0.751. The number of amides is 1. The van der Waals surface area contributed by atoms with E-state index < -0.39 is 11.7 Å². The standard InChI is InChI=1S/C16H23FN2O2.ClH/c1-16(2)8-5-9-18-13(16)10-19-15(20)14-11(17)6-4-7-12(14)21-3;/h4,6-7,13,18H,5,8-10H2,1-3H3,(H,19,20);1H. The first-order valence-corrected chi connectivity index (χ1v) is 7.30. The zero-order valence-electron chi connectivity index (χ0n) is 13.2. The molecule has 0 radical (unpaired) electrons. The number of carbonyl (C=O) groups excluding carboxylic acids is 1. The molecule has 0 aliphatic carbocycles. The number of benzene rings is 1. The predicted octanol–water partition coefficient (Wildman–Crippen LogP) is 2.76. The molecule has 124 valence electrons. The molecule has 1 fully saturated rings. The van der Waals surface area contributed by atoms with E-state index in [1.54, 1.807) is 6.07 Å². The summed E-state index contributed by atoms with van der Waals surface area (Å²) in [6.07, 6.45) is 2.25. The van der Waals surface area contributed by atoms with Gasteiger partial charge < -0.3 is 15.4 Å². The van der Waals surface area contributed by atoms with Crippen molar-refractivity contribution in [2.24, 2.45) is 5.41 Å². The molecule has 1 heterocycles. The smallest absolute Gasteiger partial charge is 0.258 e. The Morgan fingerprint density at radius 3 is 2.86 bits per heavy atom. The van der Waals surface area contributed by atoms with Crippen LogP contribution in [0.2, 0.25) is 0 Å². The van der Waals surface area contributed by atoms with Gasteiger partial charge in [-0.1, -0.05) is 19.9 Å². The number of nitrogens with one attached hydrogen (secondary N) is 2. The highest BCUT2D eigenvalue weighted by molar-refractivity contribution is 5.97. The largest absolute Gasteiger partial charge is 0.496 e. The van der Waals surface area contributed by atoms with Crippen LogP contribution < -0.4 is 15.4 Å². The summed E-state index contributed by atoms with van der Waals surface area (Å²) in [4.78, 5) is 12.2. The van der Waals surface area contributed by atoms with Gasteiger partial charge in [0, 0.05) is 12.6 Å². The second kappa shape index (κ2) is 7.79. The second-order valence-corrected chi connectivity index (χ2v) is 6.13. The van der Waals surface area contributed by atoms with Gasteiger partial charge in [0.25, 0.3) is 5.91 Å². The summed E-state index contributed by atoms with van der Waals surface area (Å²) in [7, 11) is 1.43. The van der Waals surface area contributed by atoms with Crippen LogP contribution in [0.3, 0.4) is 0 Å². The third-order valence-electron chi connectivity index (χ3n) is 4.22. The highest BCUT2D eigenvalue weighted by atomic mass is 35.5. The topological polar surface area (TPSA) is 50.4 Å². The van der Waals surface area contributed by atoms with Crippen molar-refractivity contribution < 1.29 is 13.9 Å². The minimum Gasteiger partial charge on any atom is -0.496 e. The number of rotatable bonds is 4. The molecule has 1 amide bonds. The number of hydrogen-bond donors (Lipinski definition) is 2. The first kappa shape index (κ1) is 18.7. The Hall–Kier alpha value is -1.33. The minimum atomic E-state index is -0.567. The summed E-state index contributed by atoms with van der Waals surface area (Å²) in [5.41, 5.74) is 0.0822. The molecule has 2 N–H and O–H groups in total. The molecule has 22 heavy (non-hydrogen) atoms. The van der Waals surface area contributed by atoms with Gasteiger partial charge in [0.15, 0.2) is 0 Å². The zero-order valence-corrected chi connectivity index (χ0v) is 14.1. The highest BCUT2D eigenvalue weighted by Gasteiger charge is 2.32. The van der Waals surface area contributed by atoms with Gasteiger partial charge in [-0.25, -0.2) is 4.39 Å². The fourth-order valence-corrected chi connectivity index (χ4v) is 2.80. The van der Waals surface area contributed by atoms with Crippen LogP contribution in [-0.4, -0.2) is 32.1 Å². The molecule has 1 aromatic rings. The normalized spacial score (nSPS) is 19.9. The molecule has 2 rings (SSSR count). The monoisotopic (exact) mass is 330 g/mol. The van der Waals surface area contributed by atoms with Gasteiger partial charge in [-0.3, -0.25) is 4.79 Å². The Kier molecular flexibility index (Phi) is 6.63. The lowest BCUT2D eigenvalue weighted by Crippen LogP contribution is -2.52. The van der Waals surface area contributed by atoms with Gasteiger partial charge in [0.05, 0.1) is 7.11 Å². The van der Waals surface area contributed by atoms with Crippen LogP contribution in [-0.2, 0) is 0 Å². The van der Waals surface area contributed by atoms with Crippen LogP contribution >= 0.6 is 12.4 Å². The fourth-order valence-electron chi connectivity index (χ4n) is 2.80. The predicted molar refractivity (Wildman–Crippen MR) is 87.3 cm³/mol. The van der Waals surface area contributed by atoms with Crippen molar-refractivity contribution in [2.45, 2.75) is 32.7 Å².